The molecular formula is C15H20N4OS. The predicted molar refractivity (Wildman–Crippen MR) is 84.9 cm³/mol. The normalized spacial score (nSPS) is 10.8. The monoisotopic (exact) mass is 304 g/mol. The van der Waals surface area contributed by atoms with E-state index in [4.69, 9.17) is 0 Å². The Morgan fingerprint density at radius 3 is 2.95 bits per heavy atom. The van der Waals surface area contributed by atoms with Crippen LogP contribution in [0.3, 0.4) is 0 Å². The summed E-state index contributed by atoms with van der Waals surface area (Å²) in [6, 6.07) is 5.99. The summed E-state index contributed by atoms with van der Waals surface area (Å²) in [5.41, 5.74) is 1.87. The summed E-state index contributed by atoms with van der Waals surface area (Å²) in [6.45, 7) is 5.23. The van der Waals surface area contributed by atoms with E-state index < -0.39 is 0 Å². The van der Waals surface area contributed by atoms with E-state index in [-0.39, 0.29) is 11.9 Å². The van der Waals surface area contributed by atoms with Gasteiger partial charge in [0.15, 0.2) is 0 Å². The Balaban J connectivity index is 1.75. The zero-order chi connectivity index (χ0) is 15.1. The zero-order valence-electron chi connectivity index (χ0n) is 12.3. The van der Waals surface area contributed by atoms with Crippen molar-refractivity contribution in [3.05, 3.63) is 35.5 Å². The Labute approximate surface area is 128 Å². The first-order valence-electron chi connectivity index (χ1n) is 7.01. The van der Waals surface area contributed by atoms with Gasteiger partial charge in [-0.1, -0.05) is 6.07 Å². The van der Waals surface area contributed by atoms with Gasteiger partial charge in [-0.15, -0.1) is 11.3 Å². The fraction of sp³-hybridized carbons (Fsp3) is 0.400. The maximum absolute atomic E-state index is 11.5. The number of amides is 1. The van der Waals surface area contributed by atoms with Crippen molar-refractivity contribution in [2.45, 2.75) is 32.9 Å². The molecule has 0 fully saturated rings. The molecule has 2 N–H and O–H groups in total. The largest absolute Gasteiger partial charge is 0.354 e. The number of nitrogens with zero attached hydrogens (tertiary/aromatic N) is 2. The molecule has 2 heterocycles. The van der Waals surface area contributed by atoms with Gasteiger partial charge in [-0.3, -0.25) is 9.78 Å². The average Bonchev–Trinajstić information content (AvgIpc) is 2.93. The van der Waals surface area contributed by atoms with E-state index in [1.54, 1.807) is 17.5 Å². The summed E-state index contributed by atoms with van der Waals surface area (Å²) >= 11 is 1.58. The van der Waals surface area contributed by atoms with E-state index in [1.165, 1.54) is 0 Å². The van der Waals surface area contributed by atoms with Crippen molar-refractivity contribution >= 4 is 17.2 Å². The molecule has 2 aromatic rings. The Hall–Kier alpha value is -1.79. The van der Waals surface area contributed by atoms with E-state index in [0.717, 1.165) is 16.4 Å². The van der Waals surface area contributed by atoms with Crippen LogP contribution >= 0.6 is 11.3 Å². The summed E-state index contributed by atoms with van der Waals surface area (Å²) in [7, 11) is 0. The van der Waals surface area contributed by atoms with Gasteiger partial charge >= 0.3 is 0 Å². The van der Waals surface area contributed by atoms with Crippen LogP contribution in [0.4, 0.5) is 0 Å². The lowest BCUT2D eigenvalue weighted by Crippen LogP contribution is -2.32. The van der Waals surface area contributed by atoms with E-state index in [9.17, 15) is 4.79 Å². The van der Waals surface area contributed by atoms with E-state index >= 15 is 0 Å². The molecule has 0 aliphatic rings. The van der Waals surface area contributed by atoms with E-state index in [0.29, 0.717) is 19.5 Å². The fourth-order valence-corrected chi connectivity index (χ4v) is 2.60. The maximum atomic E-state index is 11.5. The number of pyridine rings is 1. The molecule has 112 valence electrons. The lowest BCUT2D eigenvalue weighted by molar-refractivity contribution is -0.121. The van der Waals surface area contributed by atoms with Crippen LogP contribution in [0, 0.1) is 0 Å². The van der Waals surface area contributed by atoms with Crippen LogP contribution in [0.15, 0.2) is 29.8 Å². The molecule has 1 amide bonds. The van der Waals surface area contributed by atoms with Gasteiger partial charge < -0.3 is 10.6 Å². The SMILES string of the molecule is CC(C)NC(=O)CCNCc1csc(-c2ccccn2)n1. The van der Waals surface area contributed by atoms with Crippen molar-refractivity contribution < 1.29 is 4.79 Å². The molecule has 0 unspecified atom stereocenters. The summed E-state index contributed by atoms with van der Waals surface area (Å²) in [5.74, 6) is 0.0740. The molecule has 0 spiro atoms. The standard InChI is InChI=1S/C15H20N4OS/c1-11(2)18-14(20)6-8-16-9-12-10-21-15(19-12)13-5-3-4-7-17-13/h3-5,7,10-11,16H,6,8-9H2,1-2H3,(H,18,20). The third kappa shape index (κ3) is 5.24. The van der Waals surface area contributed by atoms with Crippen LogP contribution in [0.1, 0.15) is 26.0 Å². The smallest absolute Gasteiger partial charge is 0.221 e. The van der Waals surface area contributed by atoms with Crippen molar-refractivity contribution in [1.29, 1.82) is 0 Å². The van der Waals surface area contributed by atoms with Gasteiger partial charge in [-0.25, -0.2) is 4.98 Å². The van der Waals surface area contributed by atoms with Crippen molar-refractivity contribution in [3.63, 3.8) is 0 Å². The van der Waals surface area contributed by atoms with Gasteiger partial charge in [0, 0.05) is 37.1 Å². The Kier molecular flexibility index (Phi) is 5.83. The van der Waals surface area contributed by atoms with Crippen LogP contribution in [0.5, 0.6) is 0 Å². The summed E-state index contributed by atoms with van der Waals surface area (Å²) in [5, 5.41) is 9.04. The van der Waals surface area contributed by atoms with Gasteiger partial charge in [0.05, 0.1) is 11.4 Å². The highest BCUT2D eigenvalue weighted by atomic mass is 32.1. The molecule has 0 aromatic carbocycles. The first-order chi connectivity index (χ1) is 10.1. The molecular weight excluding hydrogens is 284 g/mol. The minimum absolute atomic E-state index is 0.0740. The molecule has 0 atom stereocenters. The zero-order valence-corrected chi connectivity index (χ0v) is 13.1. The molecule has 21 heavy (non-hydrogen) atoms. The van der Waals surface area contributed by atoms with Crippen molar-refractivity contribution in [3.8, 4) is 10.7 Å². The number of nitrogens with one attached hydrogen (secondary N) is 2. The number of hydrogen-bond acceptors (Lipinski definition) is 5. The van der Waals surface area contributed by atoms with Crippen LogP contribution < -0.4 is 10.6 Å². The second kappa shape index (κ2) is 7.85. The first kappa shape index (κ1) is 15.6. The molecule has 0 aliphatic heterocycles. The second-order valence-corrected chi connectivity index (χ2v) is 5.87. The molecule has 2 rings (SSSR count). The molecule has 5 nitrogen and oxygen atoms in total. The summed E-state index contributed by atoms with van der Waals surface area (Å²) in [4.78, 5) is 20.3. The van der Waals surface area contributed by atoms with Gasteiger partial charge in [0.25, 0.3) is 0 Å². The van der Waals surface area contributed by atoms with Crippen molar-refractivity contribution in [2.24, 2.45) is 0 Å². The first-order valence-corrected chi connectivity index (χ1v) is 7.89. The Morgan fingerprint density at radius 2 is 2.24 bits per heavy atom. The number of carbonyl (C=O) groups is 1. The van der Waals surface area contributed by atoms with Crippen LogP contribution in [-0.2, 0) is 11.3 Å². The lowest BCUT2D eigenvalue weighted by atomic mass is 10.3. The highest BCUT2D eigenvalue weighted by Crippen LogP contribution is 2.20. The summed E-state index contributed by atoms with van der Waals surface area (Å²) < 4.78 is 0. The van der Waals surface area contributed by atoms with E-state index in [1.807, 2.05) is 37.4 Å². The molecule has 0 aliphatic carbocycles. The highest BCUT2D eigenvalue weighted by Gasteiger charge is 2.06. The fourth-order valence-electron chi connectivity index (χ4n) is 1.81. The lowest BCUT2D eigenvalue weighted by Gasteiger charge is -2.08. The maximum Gasteiger partial charge on any atom is 0.221 e. The third-order valence-electron chi connectivity index (χ3n) is 2.72. The predicted octanol–water partition coefficient (Wildman–Crippen LogP) is 2.21. The van der Waals surface area contributed by atoms with Crippen molar-refractivity contribution in [2.75, 3.05) is 6.54 Å². The second-order valence-electron chi connectivity index (χ2n) is 5.01. The quantitative estimate of drug-likeness (QED) is 0.770. The van der Waals surface area contributed by atoms with Gasteiger partial charge in [-0.05, 0) is 26.0 Å². The van der Waals surface area contributed by atoms with E-state index in [2.05, 4.69) is 20.6 Å². The van der Waals surface area contributed by atoms with Gasteiger partial charge in [0.1, 0.15) is 5.01 Å². The van der Waals surface area contributed by atoms with Gasteiger partial charge in [0.2, 0.25) is 5.91 Å². The molecule has 0 saturated carbocycles. The summed E-state index contributed by atoms with van der Waals surface area (Å²) in [6.07, 6.45) is 2.25. The number of rotatable bonds is 7. The Morgan fingerprint density at radius 1 is 1.38 bits per heavy atom. The van der Waals surface area contributed by atoms with Crippen molar-refractivity contribution in [1.82, 2.24) is 20.6 Å². The number of carbonyl (C=O) groups excluding carboxylic acids is 1. The molecule has 0 saturated heterocycles. The minimum atomic E-state index is 0.0740. The number of hydrogen-bond donors (Lipinski definition) is 2. The molecule has 0 radical (unpaired) electrons. The molecule has 6 heteroatoms. The number of thiazole rings is 1. The topological polar surface area (TPSA) is 66.9 Å². The van der Waals surface area contributed by atoms with Crippen LogP contribution in [0.25, 0.3) is 10.7 Å². The minimum Gasteiger partial charge on any atom is -0.354 e. The number of aromatic nitrogens is 2. The van der Waals surface area contributed by atoms with Crippen LogP contribution in [-0.4, -0.2) is 28.5 Å². The Bertz CT molecular complexity index is 568. The van der Waals surface area contributed by atoms with Gasteiger partial charge in [-0.2, -0.15) is 0 Å². The highest BCUT2D eigenvalue weighted by molar-refractivity contribution is 7.13. The average molecular weight is 304 g/mol. The third-order valence-corrected chi connectivity index (χ3v) is 3.63. The molecule has 0 bridgehead atoms. The van der Waals surface area contributed by atoms with Crippen LogP contribution in [0.2, 0.25) is 0 Å². The molecule has 2 aromatic heterocycles.